The van der Waals surface area contributed by atoms with Crippen molar-refractivity contribution in [3.8, 4) is 5.69 Å². The molecule has 1 aromatic heterocycles. The lowest BCUT2D eigenvalue weighted by molar-refractivity contribution is -0.704. The summed E-state index contributed by atoms with van der Waals surface area (Å²) in [6, 6.07) is 23.1. The van der Waals surface area contributed by atoms with E-state index in [1.54, 1.807) is 4.68 Å². The zero-order chi connectivity index (χ0) is 20.2. The SMILES string of the molecule is CCC(Sc1c(=O)o[nH][n+]1-c1ccccc1)C(=O)Nc1ccc2ccccc2c1. The van der Waals surface area contributed by atoms with E-state index in [9.17, 15) is 9.59 Å². The molecule has 0 fully saturated rings. The number of rotatable bonds is 6. The van der Waals surface area contributed by atoms with Crippen LogP contribution in [0.4, 0.5) is 5.69 Å². The molecular formula is C22H20N3O3S+. The van der Waals surface area contributed by atoms with Crippen molar-refractivity contribution in [1.29, 1.82) is 0 Å². The Morgan fingerprint density at radius 1 is 1.07 bits per heavy atom. The molecule has 29 heavy (non-hydrogen) atoms. The smallest absolute Gasteiger partial charge is 0.325 e. The second-order valence-corrected chi connectivity index (χ2v) is 7.71. The molecule has 2 N–H and O–H groups in total. The number of amides is 1. The maximum Gasteiger partial charge on any atom is 0.442 e. The molecule has 0 aliphatic rings. The van der Waals surface area contributed by atoms with Gasteiger partial charge in [0.05, 0.1) is 5.25 Å². The van der Waals surface area contributed by atoms with Crippen LogP contribution >= 0.6 is 11.8 Å². The Balaban J connectivity index is 1.55. The van der Waals surface area contributed by atoms with Crippen molar-refractivity contribution in [2.75, 3.05) is 5.32 Å². The van der Waals surface area contributed by atoms with Gasteiger partial charge in [-0.05, 0) is 51.0 Å². The highest BCUT2D eigenvalue weighted by Crippen LogP contribution is 2.24. The van der Waals surface area contributed by atoms with Gasteiger partial charge < -0.3 is 5.32 Å². The summed E-state index contributed by atoms with van der Waals surface area (Å²) in [6.07, 6.45) is 0.559. The summed E-state index contributed by atoms with van der Waals surface area (Å²) in [5, 5.41) is 7.62. The number of anilines is 1. The van der Waals surface area contributed by atoms with E-state index in [1.807, 2.05) is 79.7 Å². The highest BCUT2D eigenvalue weighted by Gasteiger charge is 2.30. The highest BCUT2D eigenvalue weighted by molar-refractivity contribution is 8.00. The number of H-pyrrole nitrogens is 1. The lowest BCUT2D eigenvalue weighted by atomic mass is 10.1. The molecule has 0 saturated heterocycles. The number of para-hydroxylation sites is 1. The maximum atomic E-state index is 12.9. The maximum absolute atomic E-state index is 12.9. The molecule has 6 nitrogen and oxygen atoms in total. The monoisotopic (exact) mass is 406 g/mol. The van der Waals surface area contributed by atoms with Crippen LogP contribution in [0.15, 0.2) is 87.1 Å². The Morgan fingerprint density at radius 3 is 2.55 bits per heavy atom. The topological polar surface area (TPSA) is 79.0 Å². The molecule has 0 saturated carbocycles. The molecule has 1 atom stereocenters. The van der Waals surface area contributed by atoms with Crippen molar-refractivity contribution in [2.45, 2.75) is 23.6 Å². The summed E-state index contributed by atoms with van der Waals surface area (Å²) >= 11 is 1.19. The van der Waals surface area contributed by atoms with Crippen molar-refractivity contribution in [3.05, 3.63) is 83.2 Å². The third kappa shape index (κ3) is 4.09. The first-order chi connectivity index (χ1) is 14.2. The zero-order valence-corrected chi connectivity index (χ0v) is 16.6. The minimum Gasteiger partial charge on any atom is -0.325 e. The molecule has 0 bridgehead atoms. The zero-order valence-electron chi connectivity index (χ0n) is 15.8. The van der Waals surface area contributed by atoms with Gasteiger partial charge in [0.2, 0.25) is 11.6 Å². The second-order valence-electron chi connectivity index (χ2n) is 6.52. The van der Waals surface area contributed by atoms with Gasteiger partial charge in [0.1, 0.15) is 0 Å². The van der Waals surface area contributed by atoms with E-state index in [0.29, 0.717) is 11.4 Å². The number of aromatic amines is 1. The van der Waals surface area contributed by atoms with Gasteiger partial charge in [-0.15, -0.1) is 0 Å². The summed E-state index contributed by atoms with van der Waals surface area (Å²) < 4.78 is 6.53. The van der Waals surface area contributed by atoms with Crippen LogP contribution in [-0.2, 0) is 4.79 Å². The minimum absolute atomic E-state index is 0.159. The number of hydrogen-bond donors (Lipinski definition) is 2. The van der Waals surface area contributed by atoms with Crippen LogP contribution in [0, 0.1) is 0 Å². The van der Waals surface area contributed by atoms with Gasteiger partial charge in [-0.2, -0.15) is 0 Å². The molecule has 3 aromatic carbocycles. The molecule has 4 rings (SSSR count). The van der Waals surface area contributed by atoms with Crippen molar-refractivity contribution in [1.82, 2.24) is 5.27 Å². The molecule has 1 amide bonds. The molecule has 146 valence electrons. The minimum atomic E-state index is -0.504. The predicted molar refractivity (Wildman–Crippen MR) is 113 cm³/mol. The van der Waals surface area contributed by atoms with Crippen LogP contribution < -0.4 is 15.6 Å². The quantitative estimate of drug-likeness (QED) is 0.376. The van der Waals surface area contributed by atoms with E-state index in [2.05, 4.69) is 10.6 Å². The molecule has 0 spiro atoms. The van der Waals surface area contributed by atoms with Crippen LogP contribution in [0.1, 0.15) is 13.3 Å². The van der Waals surface area contributed by atoms with E-state index >= 15 is 0 Å². The van der Waals surface area contributed by atoms with Crippen molar-refractivity contribution in [3.63, 3.8) is 0 Å². The van der Waals surface area contributed by atoms with E-state index in [0.717, 1.165) is 22.1 Å². The Labute approximate surface area is 171 Å². The number of fused-ring (bicyclic) bond motifs is 1. The predicted octanol–water partition coefficient (Wildman–Crippen LogP) is 3.91. The highest BCUT2D eigenvalue weighted by atomic mass is 32.2. The van der Waals surface area contributed by atoms with E-state index in [1.165, 1.54) is 11.8 Å². The van der Waals surface area contributed by atoms with Gasteiger partial charge in [0.15, 0.2) is 0 Å². The fourth-order valence-electron chi connectivity index (χ4n) is 3.06. The molecule has 1 unspecified atom stereocenters. The molecule has 4 aromatic rings. The standard InChI is InChI=1S/C22H19N3O3S/c1-2-19(20(26)23-17-13-12-15-8-6-7-9-16(15)14-17)29-21-22(27)28-24-25(21)18-10-4-3-5-11-18/h3-14,19H,2H2,1H3,(H-,23,24,26,27)/p+1. The average molecular weight is 406 g/mol. The molecule has 0 radical (unpaired) electrons. The normalized spacial score (nSPS) is 12.0. The Hall–Kier alpha value is -3.32. The molecule has 1 heterocycles. The Bertz CT molecular complexity index is 1200. The summed E-state index contributed by atoms with van der Waals surface area (Å²) in [5.74, 6) is -0.159. The van der Waals surface area contributed by atoms with Gasteiger partial charge in [-0.3, -0.25) is 9.32 Å². The van der Waals surface area contributed by atoms with Gasteiger partial charge in [-0.1, -0.05) is 55.5 Å². The average Bonchev–Trinajstić information content (AvgIpc) is 3.12. The number of nitrogens with one attached hydrogen (secondary N) is 2. The molecule has 7 heteroatoms. The Kier molecular flexibility index (Phi) is 5.48. The third-order valence-corrected chi connectivity index (χ3v) is 5.96. The first-order valence-electron chi connectivity index (χ1n) is 9.31. The number of hydrogen-bond acceptors (Lipinski definition) is 4. The van der Waals surface area contributed by atoms with Crippen LogP contribution in [0.5, 0.6) is 0 Å². The van der Waals surface area contributed by atoms with Gasteiger partial charge in [0, 0.05) is 17.8 Å². The van der Waals surface area contributed by atoms with Crippen molar-refractivity contribution in [2.24, 2.45) is 0 Å². The van der Waals surface area contributed by atoms with Crippen LogP contribution in [0.2, 0.25) is 0 Å². The number of carbonyl (C=O) groups excluding carboxylic acids is 1. The first-order valence-corrected chi connectivity index (χ1v) is 10.2. The van der Waals surface area contributed by atoms with Gasteiger partial charge >= 0.3 is 10.7 Å². The lowest BCUT2D eigenvalue weighted by Crippen LogP contribution is -2.37. The number of benzene rings is 3. The van der Waals surface area contributed by atoms with E-state index in [-0.39, 0.29) is 5.91 Å². The van der Waals surface area contributed by atoms with Crippen LogP contribution in [0.25, 0.3) is 16.5 Å². The molecule has 0 aliphatic carbocycles. The summed E-state index contributed by atoms with van der Waals surface area (Å²) in [6.45, 7) is 1.92. The van der Waals surface area contributed by atoms with Crippen LogP contribution in [-0.4, -0.2) is 16.4 Å². The van der Waals surface area contributed by atoms with Crippen LogP contribution in [0.3, 0.4) is 0 Å². The largest absolute Gasteiger partial charge is 0.442 e. The molecule has 0 aliphatic heterocycles. The van der Waals surface area contributed by atoms with Gasteiger partial charge in [-0.25, -0.2) is 4.79 Å². The fraction of sp³-hybridized carbons (Fsp3) is 0.136. The summed E-state index contributed by atoms with van der Waals surface area (Å²) in [7, 11) is 0. The van der Waals surface area contributed by atoms with E-state index in [4.69, 9.17) is 4.52 Å². The van der Waals surface area contributed by atoms with Crippen molar-refractivity contribution >= 4 is 34.1 Å². The summed E-state index contributed by atoms with van der Waals surface area (Å²) in [5.41, 5.74) is 0.978. The molecular weight excluding hydrogens is 386 g/mol. The first kappa shape index (κ1) is 19.0. The van der Waals surface area contributed by atoms with E-state index < -0.39 is 10.9 Å². The fourth-order valence-corrected chi connectivity index (χ4v) is 4.05. The third-order valence-electron chi connectivity index (χ3n) is 4.56. The Morgan fingerprint density at radius 2 is 1.79 bits per heavy atom. The second kappa shape index (κ2) is 8.36. The number of thioether (sulfide) groups is 1. The number of aromatic nitrogens is 2. The number of nitrogens with zero attached hydrogens (tertiary/aromatic N) is 1. The number of carbonyl (C=O) groups is 1. The lowest BCUT2D eigenvalue weighted by Gasteiger charge is -2.12. The summed E-state index contributed by atoms with van der Waals surface area (Å²) in [4.78, 5) is 25.1. The van der Waals surface area contributed by atoms with Gasteiger partial charge in [0.25, 0.3) is 0 Å². The van der Waals surface area contributed by atoms with Crippen molar-refractivity contribution < 1.29 is 14.0 Å².